The summed E-state index contributed by atoms with van der Waals surface area (Å²) in [4.78, 5) is 12.1. The average Bonchev–Trinajstić information content (AvgIpc) is 2.86. The highest BCUT2D eigenvalue weighted by molar-refractivity contribution is 5.74. The molecule has 130 valence electrons. The number of aliphatic hydroxyl groups is 1. The Morgan fingerprint density at radius 1 is 1.21 bits per heavy atom. The fraction of sp³-hybridized carbons (Fsp3) is 0.444. The van der Waals surface area contributed by atoms with E-state index in [1.165, 1.54) is 0 Å². The molecule has 1 heterocycles. The van der Waals surface area contributed by atoms with Crippen LogP contribution in [0, 0.1) is 13.8 Å². The number of benzene rings is 1. The maximum absolute atomic E-state index is 12.1. The molecule has 2 aromatic rings. The van der Waals surface area contributed by atoms with Crippen LogP contribution in [0.3, 0.4) is 0 Å². The van der Waals surface area contributed by atoms with E-state index in [0.717, 1.165) is 16.8 Å². The van der Waals surface area contributed by atoms with E-state index < -0.39 is 6.10 Å². The Morgan fingerprint density at radius 3 is 2.46 bits per heavy atom. The standard InChI is InChI=1S/C18H25N3O3/c1-11(10-16(22)15-8-6-5-7-9-15)19-18(23)20-12(2)17-13(3)21-24-14(17)4/h5-9,11-12,16,22H,10H2,1-4H3,(H2,19,20,23)/t11-,12-,16+/m0/s1. The van der Waals surface area contributed by atoms with E-state index in [0.29, 0.717) is 12.2 Å². The monoisotopic (exact) mass is 331 g/mol. The molecule has 0 aliphatic rings. The zero-order chi connectivity index (χ0) is 17.7. The van der Waals surface area contributed by atoms with Crippen molar-refractivity contribution in [3.8, 4) is 0 Å². The molecule has 6 nitrogen and oxygen atoms in total. The molecule has 2 amide bonds. The number of rotatable bonds is 6. The third kappa shape index (κ3) is 4.58. The van der Waals surface area contributed by atoms with Crippen LogP contribution in [0.5, 0.6) is 0 Å². The van der Waals surface area contributed by atoms with Gasteiger partial charge in [-0.25, -0.2) is 4.79 Å². The van der Waals surface area contributed by atoms with Crippen molar-refractivity contribution in [1.82, 2.24) is 15.8 Å². The summed E-state index contributed by atoms with van der Waals surface area (Å²) in [5.74, 6) is 0.702. The fourth-order valence-corrected chi connectivity index (χ4v) is 2.85. The lowest BCUT2D eigenvalue weighted by Gasteiger charge is -2.20. The molecule has 0 aliphatic carbocycles. The minimum Gasteiger partial charge on any atom is -0.388 e. The van der Waals surface area contributed by atoms with Crippen molar-refractivity contribution in [2.24, 2.45) is 0 Å². The van der Waals surface area contributed by atoms with Gasteiger partial charge in [-0.15, -0.1) is 0 Å². The molecular weight excluding hydrogens is 306 g/mol. The Kier molecular flexibility index (Phi) is 5.98. The van der Waals surface area contributed by atoms with Gasteiger partial charge in [0.2, 0.25) is 0 Å². The van der Waals surface area contributed by atoms with Gasteiger partial charge in [0, 0.05) is 11.6 Å². The highest BCUT2D eigenvalue weighted by atomic mass is 16.5. The van der Waals surface area contributed by atoms with Crippen molar-refractivity contribution in [3.63, 3.8) is 0 Å². The summed E-state index contributed by atoms with van der Waals surface area (Å²) in [6.07, 6.45) is -0.168. The van der Waals surface area contributed by atoms with Crippen molar-refractivity contribution in [2.45, 2.75) is 52.3 Å². The predicted octanol–water partition coefficient (Wildman–Crippen LogP) is 3.16. The minimum absolute atomic E-state index is 0.169. The molecule has 3 atom stereocenters. The van der Waals surface area contributed by atoms with Crippen LogP contribution in [-0.2, 0) is 0 Å². The summed E-state index contributed by atoms with van der Waals surface area (Å²) in [6.45, 7) is 7.42. The number of nitrogens with one attached hydrogen (secondary N) is 2. The molecule has 0 radical (unpaired) electrons. The van der Waals surface area contributed by atoms with Crippen LogP contribution in [0.15, 0.2) is 34.9 Å². The molecule has 24 heavy (non-hydrogen) atoms. The van der Waals surface area contributed by atoms with Crippen LogP contribution >= 0.6 is 0 Å². The third-order valence-electron chi connectivity index (χ3n) is 4.01. The van der Waals surface area contributed by atoms with Gasteiger partial charge in [0.1, 0.15) is 5.76 Å². The first-order chi connectivity index (χ1) is 11.4. The molecule has 6 heteroatoms. The van der Waals surface area contributed by atoms with Gasteiger partial charge in [0.25, 0.3) is 0 Å². The number of aliphatic hydroxyl groups excluding tert-OH is 1. The number of nitrogens with zero attached hydrogens (tertiary/aromatic N) is 1. The molecule has 0 fully saturated rings. The first kappa shape index (κ1) is 18.0. The Bertz CT molecular complexity index is 650. The average molecular weight is 331 g/mol. The molecule has 0 saturated heterocycles. The second kappa shape index (κ2) is 7.97. The zero-order valence-electron chi connectivity index (χ0n) is 14.5. The topological polar surface area (TPSA) is 87.4 Å². The summed E-state index contributed by atoms with van der Waals surface area (Å²) in [5.41, 5.74) is 2.51. The molecule has 0 unspecified atom stereocenters. The van der Waals surface area contributed by atoms with Crippen LogP contribution in [-0.4, -0.2) is 22.3 Å². The lowest BCUT2D eigenvalue weighted by atomic mass is 10.0. The Labute approximate surface area is 142 Å². The van der Waals surface area contributed by atoms with Gasteiger partial charge in [0.05, 0.1) is 17.8 Å². The van der Waals surface area contributed by atoms with Gasteiger partial charge in [-0.1, -0.05) is 35.5 Å². The van der Waals surface area contributed by atoms with Crippen molar-refractivity contribution in [2.75, 3.05) is 0 Å². The third-order valence-corrected chi connectivity index (χ3v) is 4.01. The maximum Gasteiger partial charge on any atom is 0.315 e. The van der Waals surface area contributed by atoms with Crippen LogP contribution < -0.4 is 10.6 Å². The molecule has 1 aromatic heterocycles. The summed E-state index contributed by atoms with van der Waals surface area (Å²) in [7, 11) is 0. The van der Waals surface area contributed by atoms with Gasteiger partial charge in [0.15, 0.2) is 0 Å². The highest BCUT2D eigenvalue weighted by Gasteiger charge is 2.20. The van der Waals surface area contributed by atoms with Gasteiger partial charge < -0.3 is 20.3 Å². The Morgan fingerprint density at radius 2 is 1.88 bits per heavy atom. The molecular formula is C18H25N3O3. The largest absolute Gasteiger partial charge is 0.388 e. The van der Waals surface area contributed by atoms with Gasteiger partial charge in [-0.2, -0.15) is 0 Å². The first-order valence-corrected chi connectivity index (χ1v) is 8.11. The number of hydrogen-bond acceptors (Lipinski definition) is 4. The van der Waals surface area contributed by atoms with Gasteiger partial charge in [-0.3, -0.25) is 0 Å². The van der Waals surface area contributed by atoms with E-state index in [4.69, 9.17) is 4.52 Å². The van der Waals surface area contributed by atoms with Crippen molar-refractivity contribution in [3.05, 3.63) is 52.9 Å². The Balaban J connectivity index is 1.85. The van der Waals surface area contributed by atoms with Crippen molar-refractivity contribution < 1.29 is 14.4 Å². The highest BCUT2D eigenvalue weighted by Crippen LogP contribution is 2.21. The van der Waals surface area contributed by atoms with Gasteiger partial charge >= 0.3 is 6.03 Å². The minimum atomic E-state index is -0.610. The number of hydrogen-bond donors (Lipinski definition) is 3. The fourth-order valence-electron chi connectivity index (χ4n) is 2.85. The van der Waals surface area contributed by atoms with Crippen LogP contribution in [0.25, 0.3) is 0 Å². The molecule has 0 bridgehead atoms. The summed E-state index contributed by atoms with van der Waals surface area (Å²) >= 11 is 0. The number of carbonyl (C=O) groups excluding carboxylic acids is 1. The molecule has 0 aliphatic heterocycles. The first-order valence-electron chi connectivity index (χ1n) is 8.11. The van der Waals surface area contributed by atoms with Crippen LogP contribution in [0.2, 0.25) is 0 Å². The molecule has 0 spiro atoms. The maximum atomic E-state index is 12.1. The van der Waals surface area contributed by atoms with E-state index in [1.807, 2.05) is 58.0 Å². The molecule has 0 saturated carbocycles. The SMILES string of the molecule is Cc1noc(C)c1[C@H](C)NC(=O)N[C@@H](C)C[C@@H](O)c1ccccc1. The normalized spacial score (nSPS) is 14.7. The quantitative estimate of drug-likeness (QED) is 0.759. The van der Waals surface area contributed by atoms with E-state index >= 15 is 0 Å². The van der Waals surface area contributed by atoms with E-state index in [-0.39, 0.29) is 18.1 Å². The summed E-state index contributed by atoms with van der Waals surface area (Å²) in [5, 5.41) is 19.8. The lowest BCUT2D eigenvalue weighted by molar-refractivity contribution is 0.154. The van der Waals surface area contributed by atoms with Crippen LogP contribution in [0.1, 0.15) is 55.0 Å². The van der Waals surface area contributed by atoms with E-state index in [1.54, 1.807) is 0 Å². The van der Waals surface area contributed by atoms with Crippen molar-refractivity contribution in [1.29, 1.82) is 0 Å². The molecule has 2 rings (SSSR count). The number of aromatic nitrogens is 1. The number of carbonyl (C=O) groups is 1. The van der Waals surface area contributed by atoms with Crippen LogP contribution in [0.4, 0.5) is 4.79 Å². The zero-order valence-corrected chi connectivity index (χ0v) is 14.5. The number of amides is 2. The molecule has 3 N–H and O–H groups in total. The number of aryl methyl sites for hydroxylation is 2. The second-order valence-corrected chi connectivity index (χ2v) is 6.14. The second-order valence-electron chi connectivity index (χ2n) is 6.14. The summed E-state index contributed by atoms with van der Waals surface area (Å²) in [6, 6.07) is 8.76. The van der Waals surface area contributed by atoms with Crippen molar-refractivity contribution >= 4 is 6.03 Å². The Hall–Kier alpha value is -2.34. The number of urea groups is 1. The predicted molar refractivity (Wildman–Crippen MR) is 91.5 cm³/mol. The van der Waals surface area contributed by atoms with E-state index in [9.17, 15) is 9.90 Å². The lowest BCUT2D eigenvalue weighted by Crippen LogP contribution is -2.42. The molecule has 1 aromatic carbocycles. The van der Waals surface area contributed by atoms with E-state index in [2.05, 4.69) is 15.8 Å². The smallest absolute Gasteiger partial charge is 0.315 e. The van der Waals surface area contributed by atoms with Gasteiger partial charge in [-0.05, 0) is 39.7 Å². The summed E-state index contributed by atoms with van der Waals surface area (Å²) < 4.78 is 5.13.